The fourth-order valence-electron chi connectivity index (χ4n) is 0.254. The van der Waals surface area contributed by atoms with Gasteiger partial charge in [0.15, 0.2) is 0 Å². The van der Waals surface area contributed by atoms with Crippen molar-refractivity contribution < 1.29 is 17.5 Å². The Balaban J connectivity index is 0. The summed E-state index contributed by atoms with van der Waals surface area (Å²) in [7, 11) is 0. The van der Waals surface area contributed by atoms with Crippen molar-refractivity contribution in [3.05, 3.63) is 12.2 Å². The molecular weight excluding hydrogens is 211 g/mol. The average molecular weight is 230 g/mol. The van der Waals surface area contributed by atoms with Gasteiger partial charge >= 0.3 is 63.4 Å². The predicted octanol–water partition coefficient (Wildman–Crippen LogP) is 0.683. The molecule has 0 bridgehead atoms. The van der Waals surface area contributed by atoms with E-state index in [0.717, 1.165) is 0 Å². The molecule has 0 N–H and O–H groups in total. The molecule has 0 atom stereocenters. The first-order valence-electron chi connectivity index (χ1n) is 4.76. The molecule has 0 aliphatic rings. The molecule has 0 saturated heterocycles. The molecule has 0 amide bonds. The van der Waals surface area contributed by atoms with Crippen LogP contribution in [0.1, 0.15) is 34.6 Å². The van der Waals surface area contributed by atoms with E-state index in [1.807, 2.05) is 27.7 Å². The minimum absolute atomic E-state index is 0.0648. The Morgan fingerprint density at radius 3 is 1.60 bits per heavy atom. The number of carboxylic acids is 1. The van der Waals surface area contributed by atoms with Gasteiger partial charge in [-0.15, -0.1) is 0 Å². The van der Waals surface area contributed by atoms with Crippen molar-refractivity contribution in [2.75, 3.05) is 0 Å². The number of carbonyl (C=O) groups is 1. The number of hydrogen-bond acceptors (Lipinski definition) is 4. The van der Waals surface area contributed by atoms with Crippen molar-refractivity contribution in [3.63, 3.8) is 0 Å². The number of carbonyl (C=O) groups excluding carboxylic acids is 1. The second kappa shape index (κ2) is 10.2. The Kier molecular flexibility index (Phi) is 11.6. The van der Waals surface area contributed by atoms with E-state index in [2.05, 4.69) is 6.58 Å². The Morgan fingerprint density at radius 1 is 1.20 bits per heavy atom. The SMILES string of the molecule is C=C(C)C(=O)[O-].CC(C)[O][Al+][O]C(C)C. The summed E-state index contributed by atoms with van der Waals surface area (Å²) >= 11 is -0.245. The van der Waals surface area contributed by atoms with Gasteiger partial charge < -0.3 is 9.90 Å². The van der Waals surface area contributed by atoms with E-state index in [-0.39, 0.29) is 21.5 Å². The zero-order valence-electron chi connectivity index (χ0n) is 10.1. The molecular formula is C10H19AlO4. The van der Waals surface area contributed by atoms with E-state index >= 15 is 0 Å². The second-order valence-electron chi connectivity index (χ2n) is 3.53. The Morgan fingerprint density at radius 2 is 1.47 bits per heavy atom. The summed E-state index contributed by atoms with van der Waals surface area (Å²) in [5, 5.41) is 9.49. The molecule has 86 valence electrons. The molecule has 0 radical (unpaired) electrons. The molecule has 0 aromatic heterocycles. The molecule has 15 heavy (non-hydrogen) atoms. The quantitative estimate of drug-likeness (QED) is 0.515. The molecule has 0 aliphatic heterocycles. The molecule has 0 aromatic carbocycles. The third-order valence-corrected chi connectivity index (χ3v) is 2.31. The first-order chi connectivity index (χ1) is 6.77. The molecule has 0 spiro atoms. The van der Waals surface area contributed by atoms with E-state index in [4.69, 9.17) is 7.58 Å². The second-order valence-corrected chi connectivity index (χ2v) is 4.27. The van der Waals surface area contributed by atoms with Gasteiger partial charge in [-0.2, -0.15) is 0 Å². The third-order valence-electron chi connectivity index (χ3n) is 1.00. The molecule has 0 fully saturated rings. The summed E-state index contributed by atoms with van der Waals surface area (Å²) in [6.45, 7) is 12.5. The fraction of sp³-hybridized carbons (Fsp3) is 0.700. The number of hydrogen-bond donors (Lipinski definition) is 0. The molecule has 5 heteroatoms. The van der Waals surface area contributed by atoms with Gasteiger partial charge in [-0.1, -0.05) is 6.58 Å². The molecule has 0 heterocycles. The van der Waals surface area contributed by atoms with Crippen LogP contribution in [0.25, 0.3) is 0 Å². The van der Waals surface area contributed by atoms with Crippen LogP contribution in [0, 0.1) is 0 Å². The Bertz CT molecular complexity index is 170. The summed E-state index contributed by atoms with van der Waals surface area (Å²) in [6, 6.07) is 0. The molecule has 0 aliphatic carbocycles. The van der Waals surface area contributed by atoms with Gasteiger partial charge in [-0.25, -0.2) is 0 Å². The van der Waals surface area contributed by atoms with Crippen LogP contribution in [-0.2, 0) is 12.4 Å². The first-order valence-corrected chi connectivity index (χ1v) is 5.71. The number of aliphatic carboxylic acids is 1. The minimum atomic E-state index is -1.19. The van der Waals surface area contributed by atoms with Crippen molar-refractivity contribution in [2.45, 2.75) is 46.8 Å². The van der Waals surface area contributed by atoms with Crippen molar-refractivity contribution in [1.29, 1.82) is 0 Å². The maximum atomic E-state index is 9.49. The normalized spacial score (nSPS) is 9.27. The molecule has 0 rings (SSSR count). The van der Waals surface area contributed by atoms with Gasteiger partial charge in [-0.3, -0.25) is 0 Å². The third kappa shape index (κ3) is 19.9. The van der Waals surface area contributed by atoms with E-state index in [0.29, 0.717) is 12.2 Å². The van der Waals surface area contributed by atoms with Gasteiger partial charge in [0, 0.05) is 0 Å². The van der Waals surface area contributed by atoms with Crippen LogP contribution in [0.2, 0.25) is 0 Å². The van der Waals surface area contributed by atoms with Crippen molar-refractivity contribution in [2.24, 2.45) is 0 Å². The van der Waals surface area contributed by atoms with Crippen molar-refractivity contribution in [1.82, 2.24) is 0 Å². The van der Waals surface area contributed by atoms with Crippen LogP contribution in [0.5, 0.6) is 0 Å². The molecule has 0 unspecified atom stereocenters. The van der Waals surface area contributed by atoms with Crippen molar-refractivity contribution >= 4 is 21.9 Å². The summed E-state index contributed by atoms with van der Waals surface area (Å²) in [5.74, 6) is -1.19. The van der Waals surface area contributed by atoms with Crippen LogP contribution in [0.4, 0.5) is 0 Å². The molecule has 4 nitrogen and oxygen atoms in total. The van der Waals surface area contributed by atoms with Crippen LogP contribution in [0.15, 0.2) is 12.2 Å². The van der Waals surface area contributed by atoms with Gasteiger partial charge in [0.25, 0.3) is 0 Å². The molecule has 0 aromatic rings. The van der Waals surface area contributed by atoms with E-state index in [1.165, 1.54) is 6.92 Å². The van der Waals surface area contributed by atoms with Crippen LogP contribution in [0.3, 0.4) is 0 Å². The van der Waals surface area contributed by atoms with Crippen LogP contribution < -0.4 is 5.11 Å². The van der Waals surface area contributed by atoms with E-state index in [1.54, 1.807) is 0 Å². The van der Waals surface area contributed by atoms with Gasteiger partial charge in [-0.05, 0) is 12.5 Å². The van der Waals surface area contributed by atoms with Crippen LogP contribution in [-0.4, -0.2) is 34.1 Å². The topological polar surface area (TPSA) is 58.6 Å². The van der Waals surface area contributed by atoms with Crippen LogP contribution >= 0.6 is 0 Å². The number of rotatable bonds is 5. The van der Waals surface area contributed by atoms with E-state index in [9.17, 15) is 9.90 Å². The van der Waals surface area contributed by atoms with Gasteiger partial charge in [0.2, 0.25) is 0 Å². The number of carboxylic acid groups (broad SMARTS) is 1. The standard InChI is InChI=1S/C4H6O2.2C3H7O.Al/c1-3(2)4(5)6;2*1-3(2)4;/h1H2,2H3,(H,5,6);2*3H,1-2H3;/q;2*-1;+3/p-1. The average Bonchev–Trinajstić information content (AvgIpc) is 2.03. The molecule has 0 saturated carbocycles. The Hall–Kier alpha value is -0.338. The summed E-state index contributed by atoms with van der Waals surface area (Å²) in [5.41, 5.74) is 0.0648. The van der Waals surface area contributed by atoms with Crippen molar-refractivity contribution in [3.8, 4) is 0 Å². The zero-order valence-corrected chi connectivity index (χ0v) is 11.2. The fourth-order valence-corrected chi connectivity index (χ4v) is 0.763. The zero-order chi connectivity index (χ0) is 12.4. The van der Waals surface area contributed by atoms with Gasteiger partial charge in [0.05, 0.1) is 5.97 Å². The summed E-state index contributed by atoms with van der Waals surface area (Å²) in [4.78, 5) is 9.49. The predicted molar refractivity (Wildman–Crippen MR) is 58.0 cm³/mol. The van der Waals surface area contributed by atoms with E-state index < -0.39 is 5.97 Å². The summed E-state index contributed by atoms with van der Waals surface area (Å²) < 4.78 is 10.4. The summed E-state index contributed by atoms with van der Waals surface area (Å²) in [6.07, 6.45) is 0.609. The van der Waals surface area contributed by atoms with Gasteiger partial charge in [0.1, 0.15) is 0 Å². The monoisotopic (exact) mass is 230 g/mol. The first kappa shape index (κ1) is 17.1. The Labute approximate surface area is 98.7 Å². The maximum absolute atomic E-state index is 9.49.